The second-order valence-corrected chi connectivity index (χ2v) is 4.42. The van der Waals surface area contributed by atoms with E-state index in [4.69, 9.17) is 14.7 Å². The fourth-order valence-electron chi connectivity index (χ4n) is 1.50. The molecule has 0 spiro atoms. The molecule has 0 fully saturated rings. The topological polar surface area (TPSA) is 54.3 Å². The molecular weight excluding hydrogens is 296 g/mol. The van der Waals surface area contributed by atoms with Crippen molar-refractivity contribution in [2.24, 2.45) is 0 Å². The maximum absolute atomic E-state index is 8.57. The number of nitriles is 1. The highest BCUT2D eigenvalue weighted by Gasteiger charge is 2.12. The molecule has 18 heavy (non-hydrogen) atoms. The molecule has 0 aromatic heterocycles. The van der Waals surface area contributed by atoms with E-state index in [9.17, 15) is 0 Å². The van der Waals surface area contributed by atoms with Crippen molar-refractivity contribution in [2.75, 3.05) is 19.8 Å². The standard InChI is InChI=1S/C13H17BrN2O2/c1-3-16-9-10-7-11(14)13(18-6-5-15)12(8-10)17-4-2/h7-8,16H,3-4,6,9H2,1-2H3. The molecule has 5 heteroatoms. The lowest BCUT2D eigenvalue weighted by Gasteiger charge is -2.14. The zero-order valence-corrected chi connectivity index (χ0v) is 12.2. The Morgan fingerprint density at radius 2 is 2.11 bits per heavy atom. The van der Waals surface area contributed by atoms with Gasteiger partial charge in [-0.25, -0.2) is 0 Å². The van der Waals surface area contributed by atoms with Crippen LogP contribution in [0.1, 0.15) is 19.4 Å². The number of hydrogen-bond acceptors (Lipinski definition) is 4. The van der Waals surface area contributed by atoms with Crippen LogP contribution >= 0.6 is 15.9 Å². The number of halogens is 1. The fourth-order valence-corrected chi connectivity index (χ4v) is 2.10. The molecular formula is C13H17BrN2O2. The van der Waals surface area contributed by atoms with Crippen molar-refractivity contribution in [1.82, 2.24) is 5.32 Å². The van der Waals surface area contributed by atoms with E-state index in [1.54, 1.807) is 0 Å². The summed E-state index contributed by atoms with van der Waals surface area (Å²) in [6.45, 7) is 6.22. The summed E-state index contributed by atoms with van der Waals surface area (Å²) in [6.07, 6.45) is 0. The molecule has 0 radical (unpaired) electrons. The summed E-state index contributed by atoms with van der Waals surface area (Å²) in [6, 6.07) is 5.85. The molecule has 0 aliphatic carbocycles. The van der Waals surface area contributed by atoms with E-state index in [1.165, 1.54) is 0 Å². The SMILES string of the molecule is CCNCc1cc(Br)c(OCC#N)c(OCC)c1. The van der Waals surface area contributed by atoms with Crippen molar-refractivity contribution in [2.45, 2.75) is 20.4 Å². The zero-order valence-electron chi connectivity index (χ0n) is 10.6. The van der Waals surface area contributed by atoms with Crippen molar-refractivity contribution in [1.29, 1.82) is 5.26 Å². The third-order valence-corrected chi connectivity index (χ3v) is 2.82. The first-order valence-electron chi connectivity index (χ1n) is 5.88. The van der Waals surface area contributed by atoms with E-state index in [-0.39, 0.29) is 6.61 Å². The van der Waals surface area contributed by atoms with Gasteiger partial charge in [-0.05, 0) is 47.1 Å². The predicted octanol–water partition coefficient (Wildman–Crippen LogP) is 2.86. The van der Waals surface area contributed by atoms with Gasteiger partial charge in [-0.2, -0.15) is 5.26 Å². The van der Waals surface area contributed by atoms with E-state index < -0.39 is 0 Å². The first-order valence-corrected chi connectivity index (χ1v) is 6.67. The fraction of sp³-hybridized carbons (Fsp3) is 0.462. The minimum atomic E-state index is 0.00519. The number of hydrogen-bond donors (Lipinski definition) is 1. The van der Waals surface area contributed by atoms with Crippen LogP contribution in [-0.4, -0.2) is 19.8 Å². The zero-order chi connectivity index (χ0) is 13.4. The Morgan fingerprint density at radius 1 is 1.33 bits per heavy atom. The molecule has 0 amide bonds. The summed E-state index contributed by atoms with van der Waals surface area (Å²) < 4.78 is 11.7. The summed E-state index contributed by atoms with van der Waals surface area (Å²) >= 11 is 3.45. The van der Waals surface area contributed by atoms with Crippen LogP contribution in [0.15, 0.2) is 16.6 Å². The van der Waals surface area contributed by atoms with Crippen molar-refractivity contribution >= 4 is 15.9 Å². The highest BCUT2D eigenvalue weighted by Crippen LogP contribution is 2.36. The van der Waals surface area contributed by atoms with E-state index in [0.29, 0.717) is 18.1 Å². The Kier molecular flexibility index (Phi) is 6.55. The normalized spacial score (nSPS) is 9.89. The van der Waals surface area contributed by atoms with Crippen LogP contribution in [0.5, 0.6) is 11.5 Å². The van der Waals surface area contributed by atoms with Crippen LogP contribution < -0.4 is 14.8 Å². The maximum atomic E-state index is 8.57. The molecule has 1 rings (SSSR count). The van der Waals surface area contributed by atoms with Gasteiger partial charge in [-0.1, -0.05) is 6.92 Å². The van der Waals surface area contributed by atoms with Crippen LogP contribution in [0, 0.1) is 11.3 Å². The second kappa shape index (κ2) is 7.96. The van der Waals surface area contributed by atoms with Crippen LogP contribution in [0.3, 0.4) is 0 Å². The summed E-state index contributed by atoms with van der Waals surface area (Å²) in [4.78, 5) is 0. The number of ether oxygens (including phenoxy) is 2. The molecule has 1 aromatic rings. The lowest BCUT2D eigenvalue weighted by Crippen LogP contribution is -2.12. The van der Waals surface area contributed by atoms with E-state index in [1.807, 2.05) is 25.1 Å². The largest absolute Gasteiger partial charge is 0.490 e. The van der Waals surface area contributed by atoms with Crippen LogP contribution in [0.25, 0.3) is 0 Å². The smallest absolute Gasteiger partial charge is 0.176 e. The van der Waals surface area contributed by atoms with Crippen LogP contribution in [0.4, 0.5) is 0 Å². The van der Waals surface area contributed by atoms with Crippen molar-refractivity contribution in [3.05, 3.63) is 22.2 Å². The first-order chi connectivity index (χ1) is 8.72. The Morgan fingerprint density at radius 3 is 2.72 bits per heavy atom. The molecule has 0 unspecified atom stereocenters. The quantitative estimate of drug-likeness (QED) is 0.841. The summed E-state index contributed by atoms with van der Waals surface area (Å²) in [5.41, 5.74) is 1.11. The third kappa shape index (κ3) is 4.21. The van der Waals surface area contributed by atoms with Gasteiger partial charge in [0.05, 0.1) is 11.1 Å². The average Bonchev–Trinajstić information content (AvgIpc) is 2.36. The number of rotatable bonds is 7. The lowest BCUT2D eigenvalue weighted by atomic mass is 10.2. The Labute approximate surface area is 116 Å². The molecule has 1 N–H and O–H groups in total. The van der Waals surface area contributed by atoms with Gasteiger partial charge in [0.15, 0.2) is 18.1 Å². The van der Waals surface area contributed by atoms with E-state index >= 15 is 0 Å². The van der Waals surface area contributed by atoms with Crippen molar-refractivity contribution in [3.63, 3.8) is 0 Å². The Bertz CT molecular complexity index is 430. The van der Waals surface area contributed by atoms with Crippen molar-refractivity contribution in [3.8, 4) is 17.6 Å². The second-order valence-electron chi connectivity index (χ2n) is 3.57. The molecule has 0 saturated carbocycles. The summed E-state index contributed by atoms with van der Waals surface area (Å²) in [5.74, 6) is 1.24. The van der Waals surface area contributed by atoms with Gasteiger partial charge in [0, 0.05) is 6.54 Å². The average molecular weight is 313 g/mol. The molecule has 0 atom stereocenters. The Balaban J connectivity index is 2.98. The minimum absolute atomic E-state index is 0.00519. The first kappa shape index (κ1) is 14.8. The molecule has 0 aliphatic rings. The Hall–Kier alpha value is -1.25. The van der Waals surface area contributed by atoms with Gasteiger partial charge in [-0.3, -0.25) is 0 Å². The monoisotopic (exact) mass is 312 g/mol. The predicted molar refractivity (Wildman–Crippen MR) is 73.8 cm³/mol. The molecule has 0 aliphatic heterocycles. The highest BCUT2D eigenvalue weighted by atomic mass is 79.9. The highest BCUT2D eigenvalue weighted by molar-refractivity contribution is 9.10. The van der Waals surface area contributed by atoms with Gasteiger partial charge in [0.25, 0.3) is 0 Å². The molecule has 4 nitrogen and oxygen atoms in total. The van der Waals surface area contributed by atoms with E-state index in [0.717, 1.165) is 23.1 Å². The molecule has 98 valence electrons. The third-order valence-electron chi connectivity index (χ3n) is 2.23. The van der Waals surface area contributed by atoms with Gasteiger partial charge in [0.2, 0.25) is 0 Å². The van der Waals surface area contributed by atoms with Crippen LogP contribution in [-0.2, 0) is 6.54 Å². The van der Waals surface area contributed by atoms with Gasteiger partial charge in [0.1, 0.15) is 6.07 Å². The maximum Gasteiger partial charge on any atom is 0.176 e. The molecule has 0 bridgehead atoms. The van der Waals surface area contributed by atoms with E-state index in [2.05, 4.69) is 28.2 Å². The summed E-state index contributed by atoms with van der Waals surface area (Å²) in [7, 11) is 0. The lowest BCUT2D eigenvalue weighted by molar-refractivity contribution is 0.297. The van der Waals surface area contributed by atoms with Crippen LogP contribution in [0.2, 0.25) is 0 Å². The van der Waals surface area contributed by atoms with Gasteiger partial charge >= 0.3 is 0 Å². The summed E-state index contributed by atoms with van der Waals surface area (Å²) in [5, 5.41) is 11.8. The van der Waals surface area contributed by atoms with Crippen molar-refractivity contribution < 1.29 is 9.47 Å². The van der Waals surface area contributed by atoms with Gasteiger partial charge < -0.3 is 14.8 Å². The molecule has 0 saturated heterocycles. The van der Waals surface area contributed by atoms with Gasteiger partial charge in [-0.15, -0.1) is 0 Å². The number of nitrogens with zero attached hydrogens (tertiary/aromatic N) is 1. The number of nitrogens with one attached hydrogen (secondary N) is 1. The molecule has 0 heterocycles. The minimum Gasteiger partial charge on any atom is -0.490 e. The molecule has 1 aromatic carbocycles. The number of benzene rings is 1.